The standard InChI is InChI=1S/C13H18ClFN2/c1-10-8-13(15)12(14)9-11(10)2-5-17-6-3-16-4-7-17/h8-9,16H,2-7H2,1H3. The molecule has 1 heterocycles. The fraction of sp³-hybridized carbons (Fsp3) is 0.538. The van der Waals surface area contributed by atoms with Crippen LogP contribution in [-0.2, 0) is 6.42 Å². The quantitative estimate of drug-likeness (QED) is 0.892. The fourth-order valence-electron chi connectivity index (χ4n) is 2.17. The minimum absolute atomic E-state index is 0.228. The van der Waals surface area contributed by atoms with E-state index in [2.05, 4.69) is 10.2 Å². The number of nitrogens with zero attached hydrogens (tertiary/aromatic N) is 1. The van der Waals surface area contributed by atoms with E-state index in [1.165, 1.54) is 6.07 Å². The highest BCUT2D eigenvalue weighted by atomic mass is 35.5. The molecule has 1 N–H and O–H groups in total. The number of aryl methyl sites for hydroxylation is 1. The van der Waals surface area contributed by atoms with Crippen molar-refractivity contribution in [2.24, 2.45) is 0 Å². The Bertz CT molecular complexity index is 389. The fourth-order valence-corrected chi connectivity index (χ4v) is 2.36. The van der Waals surface area contributed by atoms with Gasteiger partial charge in [0.2, 0.25) is 0 Å². The molecule has 0 spiro atoms. The predicted octanol–water partition coefficient (Wildman–Crippen LogP) is 2.24. The molecule has 0 radical (unpaired) electrons. The van der Waals surface area contributed by atoms with E-state index in [4.69, 9.17) is 11.6 Å². The number of hydrogen-bond donors (Lipinski definition) is 1. The van der Waals surface area contributed by atoms with Crippen molar-refractivity contribution in [2.45, 2.75) is 13.3 Å². The molecule has 1 aliphatic heterocycles. The summed E-state index contributed by atoms with van der Waals surface area (Å²) in [4.78, 5) is 2.42. The Balaban J connectivity index is 1.96. The molecule has 17 heavy (non-hydrogen) atoms. The van der Waals surface area contributed by atoms with Crippen molar-refractivity contribution in [2.75, 3.05) is 32.7 Å². The predicted molar refractivity (Wildman–Crippen MR) is 69.2 cm³/mol. The summed E-state index contributed by atoms with van der Waals surface area (Å²) in [6, 6.07) is 3.28. The summed E-state index contributed by atoms with van der Waals surface area (Å²) in [5.74, 6) is -0.324. The average molecular weight is 257 g/mol. The number of halogens is 2. The van der Waals surface area contributed by atoms with E-state index in [0.29, 0.717) is 0 Å². The van der Waals surface area contributed by atoms with E-state index in [0.717, 1.165) is 50.3 Å². The second-order valence-corrected chi connectivity index (χ2v) is 4.94. The van der Waals surface area contributed by atoms with Crippen LogP contribution in [0.5, 0.6) is 0 Å². The maximum atomic E-state index is 13.2. The molecule has 2 nitrogen and oxygen atoms in total. The summed E-state index contributed by atoms with van der Waals surface area (Å²) in [7, 11) is 0. The first kappa shape index (κ1) is 12.8. The Morgan fingerprint density at radius 2 is 2.06 bits per heavy atom. The van der Waals surface area contributed by atoms with Crippen molar-refractivity contribution < 1.29 is 4.39 Å². The molecule has 0 bridgehead atoms. The Morgan fingerprint density at radius 1 is 1.35 bits per heavy atom. The molecule has 94 valence electrons. The second kappa shape index (κ2) is 5.80. The van der Waals surface area contributed by atoms with Crippen LogP contribution in [0.25, 0.3) is 0 Å². The van der Waals surface area contributed by atoms with Gasteiger partial charge in [0.05, 0.1) is 5.02 Å². The van der Waals surface area contributed by atoms with Gasteiger partial charge in [-0.15, -0.1) is 0 Å². The molecule has 1 saturated heterocycles. The van der Waals surface area contributed by atoms with Gasteiger partial charge in [-0.2, -0.15) is 0 Å². The van der Waals surface area contributed by atoms with Crippen molar-refractivity contribution in [3.63, 3.8) is 0 Å². The molecule has 1 aliphatic rings. The Morgan fingerprint density at radius 3 is 2.76 bits per heavy atom. The summed E-state index contributed by atoms with van der Waals surface area (Å²) in [5.41, 5.74) is 2.14. The van der Waals surface area contributed by atoms with Gasteiger partial charge in [0.1, 0.15) is 5.82 Å². The topological polar surface area (TPSA) is 15.3 Å². The zero-order valence-electron chi connectivity index (χ0n) is 10.1. The van der Waals surface area contributed by atoms with Crippen LogP contribution in [0.2, 0.25) is 5.02 Å². The lowest BCUT2D eigenvalue weighted by atomic mass is 10.1. The third-order valence-corrected chi connectivity index (χ3v) is 3.58. The first-order valence-corrected chi connectivity index (χ1v) is 6.42. The smallest absolute Gasteiger partial charge is 0.142 e. The van der Waals surface area contributed by atoms with Gasteiger partial charge in [0.25, 0.3) is 0 Å². The second-order valence-electron chi connectivity index (χ2n) is 4.53. The third kappa shape index (κ3) is 3.41. The van der Waals surface area contributed by atoms with Gasteiger partial charge in [-0.1, -0.05) is 11.6 Å². The van der Waals surface area contributed by atoms with Crippen LogP contribution in [0.15, 0.2) is 12.1 Å². The van der Waals surface area contributed by atoms with E-state index in [9.17, 15) is 4.39 Å². The van der Waals surface area contributed by atoms with Crippen molar-refractivity contribution in [1.29, 1.82) is 0 Å². The monoisotopic (exact) mass is 256 g/mol. The normalized spacial score (nSPS) is 17.4. The minimum Gasteiger partial charge on any atom is -0.314 e. The van der Waals surface area contributed by atoms with Crippen LogP contribution < -0.4 is 5.32 Å². The summed E-state index contributed by atoms with van der Waals surface area (Å²) < 4.78 is 13.2. The average Bonchev–Trinajstić information content (AvgIpc) is 2.33. The largest absolute Gasteiger partial charge is 0.314 e. The summed E-state index contributed by atoms with van der Waals surface area (Å²) in [6.07, 6.45) is 0.936. The molecule has 0 aromatic heterocycles. The number of nitrogens with one attached hydrogen (secondary N) is 1. The van der Waals surface area contributed by atoms with Crippen LogP contribution in [0, 0.1) is 12.7 Å². The molecule has 0 atom stereocenters. The van der Waals surface area contributed by atoms with Crippen molar-refractivity contribution in [1.82, 2.24) is 10.2 Å². The minimum atomic E-state index is -0.324. The Hall–Kier alpha value is -0.640. The molecule has 2 rings (SSSR count). The molecule has 0 aliphatic carbocycles. The van der Waals surface area contributed by atoms with E-state index >= 15 is 0 Å². The molecular weight excluding hydrogens is 239 g/mol. The Kier molecular flexibility index (Phi) is 4.37. The molecule has 0 amide bonds. The van der Waals surface area contributed by atoms with Gasteiger partial charge in [-0.3, -0.25) is 0 Å². The van der Waals surface area contributed by atoms with Gasteiger partial charge in [-0.25, -0.2) is 4.39 Å². The van der Waals surface area contributed by atoms with E-state index in [-0.39, 0.29) is 10.8 Å². The highest BCUT2D eigenvalue weighted by molar-refractivity contribution is 6.30. The van der Waals surface area contributed by atoms with Crippen molar-refractivity contribution >= 4 is 11.6 Å². The van der Waals surface area contributed by atoms with E-state index in [1.807, 2.05) is 6.92 Å². The molecule has 0 saturated carbocycles. The van der Waals surface area contributed by atoms with Crippen molar-refractivity contribution in [3.05, 3.63) is 34.1 Å². The third-order valence-electron chi connectivity index (χ3n) is 3.29. The maximum Gasteiger partial charge on any atom is 0.142 e. The molecule has 1 fully saturated rings. The highest BCUT2D eigenvalue weighted by Gasteiger charge is 2.11. The van der Waals surface area contributed by atoms with Gasteiger partial charge in [0.15, 0.2) is 0 Å². The van der Waals surface area contributed by atoms with Gasteiger partial charge in [0, 0.05) is 32.7 Å². The molecule has 4 heteroatoms. The van der Waals surface area contributed by atoms with Gasteiger partial charge in [-0.05, 0) is 36.6 Å². The molecule has 1 aromatic rings. The first-order valence-electron chi connectivity index (χ1n) is 6.04. The van der Waals surface area contributed by atoms with Gasteiger partial charge < -0.3 is 10.2 Å². The number of hydrogen-bond acceptors (Lipinski definition) is 2. The molecular formula is C13H18ClFN2. The summed E-state index contributed by atoms with van der Waals surface area (Å²) >= 11 is 5.81. The number of rotatable bonds is 3. The maximum absolute atomic E-state index is 13.2. The van der Waals surface area contributed by atoms with E-state index in [1.54, 1.807) is 6.07 Å². The number of piperazine rings is 1. The first-order chi connectivity index (χ1) is 8.16. The highest BCUT2D eigenvalue weighted by Crippen LogP contribution is 2.20. The molecule has 1 aromatic carbocycles. The van der Waals surface area contributed by atoms with E-state index < -0.39 is 0 Å². The van der Waals surface area contributed by atoms with Crippen LogP contribution in [0.1, 0.15) is 11.1 Å². The Labute approximate surface area is 107 Å². The number of benzene rings is 1. The van der Waals surface area contributed by atoms with Gasteiger partial charge >= 0.3 is 0 Å². The summed E-state index contributed by atoms with van der Waals surface area (Å²) in [5, 5.41) is 3.56. The van der Waals surface area contributed by atoms with Crippen LogP contribution >= 0.6 is 11.6 Å². The van der Waals surface area contributed by atoms with Crippen LogP contribution in [0.4, 0.5) is 4.39 Å². The zero-order chi connectivity index (χ0) is 12.3. The lowest BCUT2D eigenvalue weighted by Gasteiger charge is -2.27. The van der Waals surface area contributed by atoms with Crippen molar-refractivity contribution in [3.8, 4) is 0 Å². The zero-order valence-corrected chi connectivity index (χ0v) is 10.9. The van der Waals surface area contributed by atoms with Crippen LogP contribution in [-0.4, -0.2) is 37.6 Å². The van der Waals surface area contributed by atoms with Crippen LogP contribution in [0.3, 0.4) is 0 Å². The summed E-state index contributed by atoms with van der Waals surface area (Å²) in [6.45, 7) is 7.26. The lowest BCUT2D eigenvalue weighted by molar-refractivity contribution is 0.244. The molecule has 0 unspecified atom stereocenters. The lowest BCUT2D eigenvalue weighted by Crippen LogP contribution is -2.44. The SMILES string of the molecule is Cc1cc(F)c(Cl)cc1CCN1CCNCC1.